The van der Waals surface area contributed by atoms with Crippen LogP contribution in [0.1, 0.15) is 20.8 Å². The Hall–Kier alpha value is -0.220. The van der Waals surface area contributed by atoms with Crippen molar-refractivity contribution in [2.75, 3.05) is 26.2 Å². The van der Waals surface area contributed by atoms with E-state index >= 15 is 0 Å². The molecule has 2 rings (SSSR count). The van der Waals surface area contributed by atoms with Crippen molar-refractivity contribution >= 4 is 18.5 Å². The van der Waals surface area contributed by atoms with Crippen LogP contribution in [0.2, 0.25) is 0 Å². The summed E-state index contributed by atoms with van der Waals surface area (Å²) in [5.74, 6) is 2.04. The lowest BCUT2D eigenvalue weighted by Gasteiger charge is -2.47. The third-order valence-electron chi connectivity index (χ3n) is 3.95. The molecule has 1 amide bonds. The smallest absolute Gasteiger partial charge is 0.228 e. The summed E-state index contributed by atoms with van der Waals surface area (Å²) < 4.78 is 0. The first kappa shape index (κ1) is 12.2. The summed E-state index contributed by atoms with van der Waals surface area (Å²) in [5.41, 5.74) is 0. The first-order valence-electron chi connectivity index (χ1n) is 6.20. The lowest BCUT2D eigenvalue weighted by atomic mass is 9.86. The quantitative estimate of drug-likeness (QED) is 0.754. The SMILES string of the molecule is CC(C)C1CN(C(=O)C2CN(C(C)S)C2)C1. The van der Waals surface area contributed by atoms with Gasteiger partial charge < -0.3 is 4.90 Å². The number of likely N-dealkylation sites (tertiary alicyclic amines) is 2. The van der Waals surface area contributed by atoms with Crippen molar-refractivity contribution < 1.29 is 4.79 Å². The highest BCUT2D eigenvalue weighted by Gasteiger charge is 2.41. The first-order valence-corrected chi connectivity index (χ1v) is 6.71. The molecule has 2 aliphatic heterocycles. The number of nitrogens with zero attached hydrogens (tertiary/aromatic N) is 2. The van der Waals surface area contributed by atoms with E-state index in [9.17, 15) is 4.79 Å². The Labute approximate surface area is 104 Å². The zero-order chi connectivity index (χ0) is 11.9. The van der Waals surface area contributed by atoms with Gasteiger partial charge in [0.25, 0.3) is 0 Å². The summed E-state index contributed by atoms with van der Waals surface area (Å²) in [7, 11) is 0. The van der Waals surface area contributed by atoms with Crippen LogP contribution in [0.5, 0.6) is 0 Å². The average molecular weight is 242 g/mol. The van der Waals surface area contributed by atoms with E-state index in [1.165, 1.54) is 0 Å². The highest BCUT2D eigenvalue weighted by Crippen LogP contribution is 2.28. The maximum atomic E-state index is 12.0. The van der Waals surface area contributed by atoms with Gasteiger partial charge in [0.2, 0.25) is 5.91 Å². The maximum absolute atomic E-state index is 12.0. The number of carbonyl (C=O) groups excluding carboxylic acids is 1. The molecule has 1 unspecified atom stereocenters. The number of thiol groups is 1. The zero-order valence-corrected chi connectivity index (χ0v) is 11.3. The molecule has 1 atom stereocenters. The first-order chi connectivity index (χ1) is 7.49. The molecule has 0 radical (unpaired) electrons. The Morgan fingerprint density at radius 3 is 2.19 bits per heavy atom. The van der Waals surface area contributed by atoms with Crippen molar-refractivity contribution in [2.24, 2.45) is 17.8 Å². The van der Waals surface area contributed by atoms with E-state index in [1.807, 2.05) is 4.90 Å². The van der Waals surface area contributed by atoms with Gasteiger partial charge in [-0.3, -0.25) is 9.69 Å². The molecule has 0 aliphatic carbocycles. The Balaban J connectivity index is 1.72. The van der Waals surface area contributed by atoms with E-state index in [1.54, 1.807) is 0 Å². The van der Waals surface area contributed by atoms with Gasteiger partial charge in [-0.25, -0.2) is 0 Å². The summed E-state index contributed by atoms with van der Waals surface area (Å²) in [6, 6.07) is 0. The largest absolute Gasteiger partial charge is 0.342 e. The molecule has 0 aromatic carbocycles. The third kappa shape index (κ3) is 2.23. The van der Waals surface area contributed by atoms with Crippen LogP contribution in [0.3, 0.4) is 0 Å². The highest BCUT2D eigenvalue weighted by atomic mass is 32.1. The van der Waals surface area contributed by atoms with Crippen LogP contribution in [0.25, 0.3) is 0 Å². The van der Waals surface area contributed by atoms with E-state index < -0.39 is 0 Å². The second-order valence-corrected chi connectivity index (χ2v) is 6.28. The molecule has 0 saturated carbocycles. The van der Waals surface area contributed by atoms with Gasteiger partial charge in [-0.15, -0.1) is 0 Å². The van der Waals surface area contributed by atoms with Crippen molar-refractivity contribution in [2.45, 2.75) is 26.1 Å². The minimum absolute atomic E-state index is 0.239. The lowest BCUT2D eigenvalue weighted by molar-refractivity contribution is -0.148. The van der Waals surface area contributed by atoms with E-state index in [0.717, 1.165) is 32.1 Å². The molecule has 2 fully saturated rings. The second kappa shape index (κ2) is 4.57. The van der Waals surface area contributed by atoms with Crippen molar-refractivity contribution in [3.8, 4) is 0 Å². The summed E-state index contributed by atoms with van der Waals surface area (Å²) >= 11 is 4.36. The lowest BCUT2D eigenvalue weighted by Crippen LogP contribution is -2.61. The van der Waals surface area contributed by atoms with Crippen molar-refractivity contribution in [1.82, 2.24) is 9.80 Å². The van der Waals surface area contributed by atoms with E-state index in [-0.39, 0.29) is 11.3 Å². The van der Waals surface area contributed by atoms with Gasteiger partial charge in [0.05, 0.1) is 5.92 Å². The molecule has 2 heterocycles. The van der Waals surface area contributed by atoms with Crippen molar-refractivity contribution in [3.05, 3.63) is 0 Å². The van der Waals surface area contributed by atoms with Gasteiger partial charge in [0, 0.05) is 31.6 Å². The fraction of sp³-hybridized carbons (Fsp3) is 0.917. The van der Waals surface area contributed by atoms with Crippen LogP contribution in [0.4, 0.5) is 0 Å². The van der Waals surface area contributed by atoms with E-state index in [0.29, 0.717) is 11.8 Å². The van der Waals surface area contributed by atoms with Crippen molar-refractivity contribution in [3.63, 3.8) is 0 Å². The minimum Gasteiger partial charge on any atom is -0.342 e. The fourth-order valence-corrected chi connectivity index (χ4v) is 2.53. The number of amides is 1. The molecule has 0 aromatic heterocycles. The van der Waals surface area contributed by atoms with E-state index in [2.05, 4.69) is 38.3 Å². The van der Waals surface area contributed by atoms with Gasteiger partial charge in [-0.05, 0) is 18.8 Å². The fourth-order valence-electron chi connectivity index (χ4n) is 2.35. The molecule has 0 spiro atoms. The highest BCUT2D eigenvalue weighted by molar-refractivity contribution is 7.80. The molecular weight excluding hydrogens is 220 g/mol. The predicted molar refractivity (Wildman–Crippen MR) is 68.4 cm³/mol. The molecule has 0 aromatic rings. The second-order valence-electron chi connectivity index (χ2n) is 5.53. The van der Waals surface area contributed by atoms with Gasteiger partial charge in [0.1, 0.15) is 0 Å². The van der Waals surface area contributed by atoms with Crippen LogP contribution < -0.4 is 0 Å². The molecule has 2 saturated heterocycles. The number of carbonyl (C=O) groups is 1. The zero-order valence-electron chi connectivity index (χ0n) is 10.4. The topological polar surface area (TPSA) is 23.6 Å². The summed E-state index contributed by atoms with van der Waals surface area (Å²) in [5, 5.41) is 0.281. The Kier molecular flexibility index (Phi) is 3.50. The summed E-state index contributed by atoms with van der Waals surface area (Å²) in [6.45, 7) is 10.3. The monoisotopic (exact) mass is 242 g/mol. The van der Waals surface area contributed by atoms with Gasteiger partial charge in [-0.2, -0.15) is 12.6 Å². The molecule has 92 valence electrons. The normalized spacial score (nSPS) is 25.4. The maximum Gasteiger partial charge on any atom is 0.228 e. The van der Waals surface area contributed by atoms with Gasteiger partial charge >= 0.3 is 0 Å². The standard InChI is InChI=1S/C12H22N2OS/c1-8(2)10-4-14(5-10)12(15)11-6-13(7-11)9(3)16/h8-11,16H,4-7H2,1-3H3. The molecule has 3 nitrogen and oxygen atoms in total. The van der Waals surface area contributed by atoms with Crippen LogP contribution in [-0.2, 0) is 4.79 Å². The molecule has 2 aliphatic rings. The van der Waals surface area contributed by atoms with Crippen molar-refractivity contribution in [1.29, 1.82) is 0 Å². The Morgan fingerprint density at radius 2 is 1.75 bits per heavy atom. The summed E-state index contributed by atoms with van der Waals surface area (Å²) in [6.07, 6.45) is 0. The predicted octanol–water partition coefficient (Wildman–Crippen LogP) is 1.31. The molecule has 0 bridgehead atoms. The van der Waals surface area contributed by atoms with Gasteiger partial charge in [-0.1, -0.05) is 13.8 Å². The number of hydrogen-bond acceptors (Lipinski definition) is 3. The Bertz CT molecular complexity index is 242. The third-order valence-corrected chi connectivity index (χ3v) is 4.28. The number of rotatable bonds is 3. The van der Waals surface area contributed by atoms with Crippen LogP contribution in [-0.4, -0.2) is 47.3 Å². The molecular formula is C12H22N2OS. The molecule has 0 N–H and O–H groups in total. The number of hydrogen-bond donors (Lipinski definition) is 1. The molecule has 4 heteroatoms. The Morgan fingerprint density at radius 1 is 1.19 bits per heavy atom. The van der Waals surface area contributed by atoms with Gasteiger partial charge in [0.15, 0.2) is 0 Å². The average Bonchev–Trinajstić information content (AvgIpc) is 1.95. The van der Waals surface area contributed by atoms with Crippen LogP contribution in [0, 0.1) is 17.8 Å². The van der Waals surface area contributed by atoms with E-state index in [4.69, 9.17) is 0 Å². The summed E-state index contributed by atoms with van der Waals surface area (Å²) in [4.78, 5) is 16.3. The molecule has 16 heavy (non-hydrogen) atoms. The minimum atomic E-state index is 0.239. The van der Waals surface area contributed by atoms with Crippen LogP contribution >= 0.6 is 12.6 Å². The van der Waals surface area contributed by atoms with Crippen LogP contribution in [0.15, 0.2) is 0 Å².